The zero-order valence-electron chi connectivity index (χ0n) is 11.8. The highest BCUT2D eigenvalue weighted by Gasteiger charge is 2.15. The van der Waals surface area contributed by atoms with Crippen molar-refractivity contribution in [3.8, 4) is 17.2 Å². The van der Waals surface area contributed by atoms with E-state index < -0.39 is 5.54 Å². The molecule has 1 unspecified atom stereocenters. The lowest BCUT2D eigenvalue weighted by atomic mass is 9.98. The Kier molecular flexibility index (Phi) is 4.54. The van der Waals surface area contributed by atoms with Crippen molar-refractivity contribution < 1.29 is 0 Å². The largest absolute Gasteiger partial charge is 0.314 e. The number of hydrogen-bond donors (Lipinski definition) is 1. The second-order valence-electron chi connectivity index (χ2n) is 5.34. The summed E-state index contributed by atoms with van der Waals surface area (Å²) in [5.74, 6) is 0. The molecule has 0 saturated carbocycles. The third-order valence-electron chi connectivity index (χ3n) is 3.33. The van der Waals surface area contributed by atoms with Gasteiger partial charge in [0, 0.05) is 18.3 Å². The van der Waals surface area contributed by atoms with Gasteiger partial charge in [-0.25, -0.2) is 0 Å². The first-order valence-corrected chi connectivity index (χ1v) is 6.89. The van der Waals surface area contributed by atoms with Gasteiger partial charge in [0.2, 0.25) is 0 Å². The fraction of sp³-hybridized carbons (Fsp3) is 0.375. The summed E-state index contributed by atoms with van der Waals surface area (Å²) in [5.41, 5.74) is 7.39. The second-order valence-corrected chi connectivity index (χ2v) is 5.34. The monoisotopic (exact) mass is 268 g/mol. The van der Waals surface area contributed by atoms with Crippen molar-refractivity contribution in [1.29, 1.82) is 5.26 Å². The molecule has 0 spiro atoms. The van der Waals surface area contributed by atoms with Crippen molar-refractivity contribution in [2.75, 3.05) is 0 Å². The summed E-state index contributed by atoms with van der Waals surface area (Å²) in [6.45, 7) is 2.63. The molecule has 0 aliphatic rings. The molecule has 1 aromatic heterocycles. The lowest BCUT2D eigenvalue weighted by Crippen LogP contribution is -2.33. The highest BCUT2D eigenvalue weighted by molar-refractivity contribution is 5.61. The Bertz CT molecular complexity index is 578. The van der Waals surface area contributed by atoms with Crippen LogP contribution in [0.1, 0.15) is 26.2 Å². The summed E-state index contributed by atoms with van der Waals surface area (Å²) in [7, 11) is 0. The minimum absolute atomic E-state index is 0.709. The van der Waals surface area contributed by atoms with E-state index >= 15 is 0 Å². The van der Waals surface area contributed by atoms with Gasteiger partial charge in [-0.3, -0.25) is 4.68 Å². The summed E-state index contributed by atoms with van der Waals surface area (Å²) >= 11 is 0. The molecule has 1 heterocycles. The van der Waals surface area contributed by atoms with Crippen molar-refractivity contribution in [3.63, 3.8) is 0 Å². The summed E-state index contributed by atoms with van der Waals surface area (Å²) in [5, 5.41) is 13.2. The van der Waals surface area contributed by atoms with Gasteiger partial charge in [-0.05, 0) is 31.7 Å². The van der Waals surface area contributed by atoms with Crippen LogP contribution in [0.5, 0.6) is 0 Å². The Morgan fingerprint density at radius 3 is 2.70 bits per heavy atom. The summed E-state index contributed by atoms with van der Waals surface area (Å²) in [6.07, 6.45) is 6.57. The summed E-state index contributed by atoms with van der Waals surface area (Å²) < 4.78 is 1.95. The van der Waals surface area contributed by atoms with Gasteiger partial charge in [-0.1, -0.05) is 30.3 Å². The first kappa shape index (κ1) is 14.3. The van der Waals surface area contributed by atoms with Crippen LogP contribution < -0.4 is 5.73 Å². The first-order valence-electron chi connectivity index (χ1n) is 6.89. The van der Waals surface area contributed by atoms with E-state index in [2.05, 4.69) is 29.5 Å². The van der Waals surface area contributed by atoms with Crippen molar-refractivity contribution in [3.05, 3.63) is 42.7 Å². The minimum Gasteiger partial charge on any atom is -0.314 e. The van der Waals surface area contributed by atoms with E-state index in [9.17, 15) is 0 Å². The molecule has 0 radical (unpaired) electrons. The molecule has 0 saturated heterocycles. The van der Waals surface area contributed by atoms with Gasteiger partial charge >= 0.3 is 0 Å². The number of rotatable bonds is 6. The van der Waals surface area contributed by atoms with Gasteiger partial charge in [0.05, 0.1) is 12.3 Å². The molecule has 104 valence electrons. The van der Waals surface area contributed by atoms with Crippen LogP contribution in [0.15, 0.2) is 42.7 Å². The van der Waals surface area contributed by atoms with E-state index in [0.717, 1.165) is 31.4 Å². The highest BCUT2D eigenvalue weighted by Crippen LogP contribution is 2.18. The van der Waals surface area contributed by atoms with Crippen LogP contribution >= 0.6 is 0 Å². The van der Waals surface area contributed by atoms with E-state index in [-0.39, 0.29) is 0 Å². The predicted molar refractivity (Wildman–Crippen MR) is 79.7 cm³/mol. The fourth-order valence-electron chi connectivity index (χ4n) is 2.09. The number of hydrogen-bond acceptors (Lipinski definition) is 3. The van der Waals surface area contributed by atoms with Gasteiger partial charge in [-0.2, -0.15) is 10.4 Å². The number of benzene rings is 1. The lowest BCUT2D eigenvalue weighted by Gasteiger charge is -2.14. The smallest absolute Gasteiger partial charge is 0.101 e. The number of unbranched alkanes of at least 4 members (excludes halogenated alkanes) is 1. The Labute approximate surface area is 119 Å². The zero-order chi connectivity index (χ0) is 14.4. The third-order valence-corrected chi connectivity index (χ3v) is 3.33. The standard InChI is InChI=1S/C16H20N4/c1-16(18,13-17)9-5-6-10-20-12-15(11-19-20)14-7-3-2-4-8-14/h2-4,7-8,11-12H,5-6,9-10,18H2,1H3. The molecule has 1 atom stereocenters. The second kappa shape index (κ2) is 6.36. The molecule has 0 aliphatic heterocycles. The molecule has 1 aromatic carbocycles. The zero-order valence-corrected chi connectivity index (χ0v) is 11.8. The highest BCUT2D eigenvalue weighted by atomic mass is 15.3. The molecule has 2 aromatic rings. The third kappa shape index (κ3) is 3.94. The maximum atomic E-state index is 8.85. The number of nitriles is 1. The normalized spacial score (nSPS) is 13.7. The Morgan fingerprint density at radius 2 is 2.00 bits per heavy atom. The predicted octanol–water partition coefficient (Wildman–Crippen LogP) is 2.96. The van der Waals surface area contributed by atoms with Crippen LogP contribution in [0.25, 0.3) is 11.1 Å². The van der Waals surface area contributed by atoms with Crippen molar-refractivity contribution in [1.82, 2.24) is 9.78 Å². The molecule has 4 heteroatoms. The molecule has 0 amide bonds. The summed E-state index contributed by atoms with van der Waals surface area (Å²) in [4.78, 5) is 0. The lowest BCUT2D eigenvalue weighted by molar-refractivity contribution is 0.475. The van der Waals surface area contributed by atoms with E-state index in [0.29, 0.717) is 0 Å². The molecule has 4 nitrogen and oxygen atoms in total. The average Bonchev–Trinajstić information content (AvgIpc) is 2.93. The Morgan fingerprint density at radius 1 is 1.25 bits per heavy atom. The van der Waals surface area contributed by atoms with Gasteiger partial charge in [0.15, 0.2) is 0 Å². The molecular weight excluding hydrogens is 248 g/mol. The van der Waals surface area contributed by atoms with Crippen LogP contribution in [0, 0.1) is 11.3 Å². The van der Waals surface area contributed by atoms with Crippen LogP contribution in [0.2, 0.25) is 0 Å². The summed E-state index contributed by atoms with van der Waals surface area (Å²) in [6, 6.07) is 12.3. The van der Waals surface area contributed by atoms with Crippen molar-refractivity contribution in [2.45, 2.75) is 38.3 Å². The molecule has 0 aliphatic carbocycles. The van der Waals surface area contributed by atoms with Gasteiger partial charge in [0.1, 0.15) is 5.54 Å². The van der Waals surface area contributed by atoms with Crippen LogP contribution in [-0.2, 0) is 6.54 Å². The van der Waals surface area contributed by atoms with Crippen LogP contribution in [0.3, 0.4) is 0 Å². The quantitative estimate of drug-likeness (QED) is 0.819. The van der Waals surface area contributed by atoms with Gasteiger partial charge < -0.3 is 5.73 Å². The fourth-order valence-corrected chi connectivity index (χ4v) is 2.09. The average molecular weight is 268 g/mol. The topological polar surface area (TPSA) is 67.6 Å². The minimum atomic E-state index is -0.709. The molecule has 0 fully saturated rings. The first-order chi connectivity index (χ1) is 9.61. The van der Waals surface area contributed by atoms with Gasteiger partial charge in [-0.15, -0.1) is 0 Å². The maximum Gasteiger partial charge on any atom is 0.101 e. The van der Waals surface area contributed by atoms with Gasteiger partial charge in [0.25, 0.3) is 0 Å². The molecular formula is C16H20N4. The molecule has 20 heavy (non-hydrogen) atoms. The van der Waals surface area contributed by atoms with E-state index in [1.165, 1.54) is 5.56 Å². The molecule has 2 N–H and O–H groups in total. The number of aromatic nitrogens is 2. The maximum absolute atomic E-state index is 8.85. The number of aryl methyl sites for hydroxylation is 1. The van der Waals surface area contributed by atoms with Crippen molar-refractivity contribution in [2.24, 2.45) is 5.73 Å². The van der Waals surface area contributed by atoms with E-state index in [1.807, 2.05) is 29.1 Å². The Hall–Kier alpha value is -2.12. The van der Waals surface area contributed by atoms with Crippen LogP contribution in [0.4, 0.5) is 0 Å². The van der Waals surface area contributed by atoms with Crippen molar-refractivity contribution >= 4 is 0 Å². The van der Waals surface area contributed by atoms with E-state index in [1.54, 1.807) is 6.92 Å². The number of nitrogens with two attached hydrogens (primary N) is 1. The molecule has 2 rings (SSSR count). The SMILES string of the molecule is CC(N)(C#N)CCCCn1cc(-c2ccccc2)cn1. The Balaban J connectivity index is 1.84. The molecule has 0 bridgehead atoms. The van der Waals surface area contributed by atoms with Crippen LogP contribution in [-0.4, -0.2) is 15.3 Å². The number of nitrogens with zero attached hydrogens (tertiary/aromatic N) is 3. The van der Waals surface area contributed by atoms with E-state index in [4.69, 9.17) is 11.0 Å².